The lowest BCUT2D eigenvalue weighted by Crippen LogP contribution is -1.98. The number of benzene rings is 17. The van der Waals surface area contributed by atoms with Crippen molar-refractivity contribution in [1.82, 2.24) is 0 Å². The molecule has 0 unspecified atom stereocenters. The van der Waals surface area contributed by atoms with Crippen molar-refractivity contribution < 1.29 is 285 Å². The molecule has 0 saturated carbocycles. The molecular formula is C88H54O56. The van der Waals surface area contributed by atoms with Gasteiger partial charge in [-0.15, -0.1) is 0 Å². The lowest BCUT2D eigenvalue weighted by molar-refractivity contribution is 0.329. The van der Waals surface area contributed by atoms with Crippen LogP contribution in [-0.4, -0.2) is 276 Å². The van der Waals surface area contributed by atoms with Crippen LogP contribution in [0.2, 0.25) is 0 Å². The van der Waals surface area contributed by atoms with E-state index >= 15 is 0 Å². The Kier molecular flexibility index (Phi) is 18.5. The Hall–Kier alpha value is -22.6. The molecule has 0 fully saturated rings. The van der Waals surface area contributed by atoms with Crippen LogP contribution < -0.4 is 0 Å². The fourth-order valence-corrected chi connectivity index (χ4v) is 18.1. The fourth-order valence-electron chi connectivity index (χ4n) is 18.1. The maximum atomic E-state index is 12.4. The van der Waals surface area contributed by atoms with Crippen LogP contribution >= 0.6 is 0 Å². The number of hydrogen-bond acceptors (Lipinski definition) is 56. The molecule has 17 aromatic carbocycles. The van der Waals surface area contributed by atoms with Gasteiger partial charge in [0.1, 0.15) is 0 Å². The standard InChI is InChI=1S/C46H28O29.C42H26O27/c47-17-7(9-11(26(56)37(67)36(66)25(9)55)10(18(17)48)12-13-15(28(58)31(61)24(12)54)29(59)39(69)38(68)27(13)57)1-3-5(21(51)34(64)32(62)19(3)49)2(6-4(1)20(50)33(63)35(65)22(6)52)8-14-16-30(60)40(70)42(72)44(74)46(16)75-45(14)43(73)41(71)23(8)53;43-15-7(9-10(23(51)32(60)31(59)22(9)50)11(16(15)44)13-24(52)33(61)37(65)34(62)25(13)53)1-3-5(19(47)29(57)27(55)17(3)45)2(6-4(1)18(46)28(56)30(58)20(6)48)8-12-14-26(54)35(63)38(66)40(68)42(14)69-41(12)39(67)36(64)21(8)49/h47-74H;43-68H. The summed E-state index contributed by atoms with van der Waals surface area (Å²) >= 11 is 0. The third-order valence-electron chi connectivity index (χ3n) is 24.6. The van der Waals surface area contributed by atoms with Crippen molar-refractivity contribution in [2.45, 2.75) is 0 Å². The lowest BCUT2D eigenvalue weighted by atomic mass is 9.79. The first-order valence-electron chi connectivity index (χ1n) is 38.6. The highest BCUT2D eigenvalue weighted by Crippen LogP contribution is 2.76. The molecule has 19 aromatic rings. The van der Waals surface area contributed by atoms with Crippen molar-refractivity contribution in [3.05, 3.63) is 0 Å². The van der Waals surface area contributed by atoms with Crippen molar-refractivity contribution in [2.75, 3.05) is 0 Å². The summed E-state index contributed by atoms with van der Waals surface area (Å²) < 4.78 is 10.8. The van der Waals surface area contributed by atoms with E-state index in [4.69, 9.17) is 8.83 Å². The molecule has 144 heavy (non-hydrogen) atoms. The monoisotopic (exact) mass is 2010 g/mol. The van der Waals surface area contributed by atoms with Gasteiger partial charge in [-0.3, -0.25) is 0 Å². The summed E-state index contributed by atoms with van der Waals surface area (Å²) in [4.78, 5) is 0. The van der Waals surface area contributed by atoms with E-state index in [0.29, 0.717) is 0 Å². The normalized spacial score (nSPS) is 11.9. The summed E-state index contributed by atoms with van der Waals surface area (Å²) in [5.41, 5.74) is -21.9. The Morgan fingerprint density at radius 3 is 0.347 bits per heavy atom. The zero-order valence-electron chi connectivity index (χ0n) is 69.0. The molecule has 54 N–H and O–H groups in total. The zero-order valence-corrected chi connectivity index (χ0v) is 69.0. The number of phenols is 54. The SMILES string of the molecule is Oc1c(O)c(O)c(-c2c(O)c(O)c(-c3c4c(O)c(O)c(O)c(O)c4c(-c4c(O)c(O)c(O)c5oc6c(O)c(O)c(O)c(O)c6c45)c4c(O)c(O)c(O)c(O)c34)c3c(O)c(O)c(O)c(O)c23)c(O)c1O.Oc1c(O)c(O)c2c(oc3c(O)c(O)c(O)c(-c4c5c(O)c(O)c(O)c(O)c5c(-c5c(O)c(O)c(-c6c(O)c(O)c(O)c7c(O)c(O)c(O)c(O)c67)c6c(O)c(O)c(O)c(O)c56)c5c(O)c(O)c(O)c(O)c45)c32)c1O. The summed E-state index contributed by atoms with van der Waals surface area (Å²) in [7, 11) is 0. The molecule has 0 bridgehead atoms. The van der Waals surface area contributed by atoms with Crippen molar-refractivity contribution >= 4 is 119 Å². The predicted octanol–water partition coefficient (Wildman–Crippen LogP) is 9.35. The Bertz CT molecular complexity index is 9270. The third kappa shape index (κ3) is 10.6. The number of rotatable bonds is 6. The van der Waals surface area contributed by atoms with Crippen LogP contribution in [0.25, 0.3) is 186 Å². The van der Waals surface area contributed by atoms with Crippen molar-refractivity contribution in [2.24, 2.45) is 0 Å². The molecule has 2 aromatic heterocycles. The molecule has 56 nitrogen and oxygen atoms in total. The Morgan fingerprint density at radius 1 is 0.0625 bits per heavy atom. The van der Waals surface area contributed by atoms with Gasteiger partial charge >= 0.3 is 0 Å². The molecule has 0 saturated heterocycles. The van der Waals surface area contributed by atoms with Gasteiger partial charge in [-0.1, -0.05) is 0 Å². The van der Waals surface area contributed by atoms with Crippen molar-refractivity contribution in [3.63, 3.8) is 0 Å². The lowest BCUT2D eigenvalue weighted by Gasteiger charge is -2.26. The predicted molar refractivity (Wildman–Crippen MR) is 472 cm³/mol. The number of furan rings is 2. The molecule has 0 atom stereocenters. The van der Waals surface area contributed by atoms with E-state index in [-0.39, 0.29) is 0 Å². The molecule has 0 amide bonds. The summed E-state index contributed by atoms with van der Waals surface area (Å²) in [5.74, 6) is -92.5. The van der Waals surface area contributed by atoms with E-state index < -0.39 is 497 Å². The van der Waals surface area contributed by atoms with Crippen LogP contribution in [0.1, 0.15) is 0 Å². The van der Waals surface area contributed by atoms with Crippen molar-refractivity contribution in [3.8, 4) is 377 Å². The van der Waals surface area contributed by atoms with Gasteiger partial charge in [0.25, 0.3) is 0 Å². The smallest absolute Gasteiger partial charge is 0.208 e. The maximum Gasteiger partial charge on any atom is 0.208 e. The van der Waals surface area contributed by atoms with Crippen LogP contribution in [0, 0.1) is 0 Å². The second kappa shape index (κ2) is 29.0. The van der Waals surface area contributed by atoms with Gasteiger partial charge in [0.15, 0.2) is 172 Å². The minimum Gasteiger partial charge on any atom is -0.504 e. The van der Waals surface area contributed by atoms with Gasteiger partial charge < -0.3 is 285 Å². The van der Waals surface area contributed by atoms with E-state index in [1.54, 1.807) is 0 Å². The van der Waals surface area contributed by atoms with E-state index in [2.05, 4.69) is 0 Å². The van der Waals surface area contributed by atoms with Gasteiger partial charge in [0.2, 0.25) is 161 Å². The van der Waals surface area contributed by atoms with Crippen LogP contribution in [-0.2, 0) is 0 Å². The second-order valence-electron chi connectivity index (χ2n) is 31.6. The number of phenolic OH excluding ortho intramolecular Hbond substituents is 54. The maximum absolute atomic E-state index is 12.4. The molecule has 0 aliphatic rings. The third-order valence-corrected chi connectivity index (χ3v) is 24.6. The molecule has 0 spiro atoms. The molecule has 2 heterocycles. The van der Waals surface area contributed by atoms with Crippen molar-refractivity contribution in [1.29, 1.82) is 0 Å². The van der Waals surface area contributed by atoms with Gasteiger partial charge in [0.05, 0.1) is 21.7 Å². The molecule has 56 heteroatoms. The van der Waals surface area contributed by atoms with Crippen LogP contribution in [0.15, 0.2) is 8.83 Å². The average molecular weight is 2010 g/mol. The number of fused-ring (bicyclic) bond motifs is 13. The summed E-state index contributed by atoms with van der Waals surface area (Å²) in [6.07, 6.45) is 0. The molecule has 19 rings (SSSR count). The van der Waals surface area contributed by atoms with E-state index in [1.165, 1.54) is 0 Å². The van der Waals surface area contributed by atoms with Crippen LogP contribution in [0.3, 0.4) is 0 Å². The largest absolute Gasteiger partial charge is 0.504 e. The Morgan fingerprint density at radius 2 is 0.153 bits per heavy atom. The van der Waals surface area contributed by atoms with E-state index in [9.17, 15) is 276 Å². The fraction of sp³-hybridized carbons (Fsp3) is 0. The first-order valence-corrected chi connectivity index (χ1v) is 38.6. The van der Waals surface area contributed by atoms with E-state index in [0.717, 1.165) is 0 Å². The Balaban J connectivity index is 0.000000190. The Labute approximate surface area is 778 Å². The summed E-state index contributed by atoms with van der Waals surface area (Å²) in [5, 5.41) is 581. The first kappa shape index (κ1) is 91.8. The van der Waals surface area contributed by atoms with Gasteiger partial charge in [-0.25, -0.2) is 0 Å². The minimum atomic E-state index is -1.96. The number of aromatic hydroxyl groups is 54. The molecule has 0 radical (unpaired) electrons. The average Bonchev–Trinajstić information content (AvgIpc) is 1.13. The van der Waals surface area contributed by atoms with E-state index in [1.807, 2.05) is 0 Å². The molecule has 0 aliphatic carbocycles. The van der Waals surface area contributed by atoms with Gasteiger partial charge in [0, 0.05) is 142 Å². The molecular weight excluding hydrogens is 1950 g/mol. The molecule has 742 valence electrons. The minimum absolute atomic E-state index is 1.06. The van der Waals surface area contributed by atoms with Gasteiger partial charge in [-0.05, 0) is 0 Å². The van der Waals surface area contributed by atoms with Crippen LogP contribution in [0.5, 0.6) is 310 Å². The highest BCUT2D eigenvalue weighted by molar-refractivity contribution is 6.39. The zero-order chi connectivity index (χ0) is 106. The number of hydrogen-bond donors (Lipinski definition) is 54. The highest BCUT2D eigenvalue weighted by Gasteiger charge is 2.47. The first-order chi connectivity index (χ1) is 67.1. The molecule has 0 aliphatic heterocycles. The summed E-state index contributed by atoms with van der Waals surface area (Å²) in [6, 6.07) is 0. The highest BCUT2D eigenvalue weighted by atomic mass is 16.4. The topological polar surface area (TPSA) is 1120 Å². The quantitative estimate of drug-likeness (QED) is 0.0418. The second-order valence-corrected chi connectivity index (χ2v) is 31.6. The van der Waals surface area contributed by atoms with Crippen LogP contribution in [0.4, 0.5) is 0 Å². The summed E-state index contributed by atoms with van der Waals surface area (Å²) in [6.45, 7) is 0. The van der Waals surface area contributed by atoms with Gasteiger partial charge in [-0.2, -0.15) is 0 Å².